The number of methoxy groups -OCH3 is 2. The van der Waals surface area contributed by atoms with Gasteiger partial charge in [0, 0.05) is 18.8 Å². The maximum atomic E-state index is 14.3. The Bertz CT molecular complexity index is 1050. The molecular formula is C24H23FN2O4. The number of aromatic nitrogens is 1. The van der Waals surface area contributed by atoms with Crippen LogP contribution in [0.4, 0.5) is 4.39 Å². The molecule has 0 bridgehead atoms. The molecule has 0 fully saturated rings. The van der Waals surface area contributed by atoms with Gasteiger partial charge in [-0.1, -0.05) is 12.1 Å². The lowest BCUT2D eigenvalue weighted by Crippen LogP contribution is -2.23. The van der Waals surface area contributed by atoms with E-state index in [2.05, 4.69) is 10.3 Å². The molecule has 6 nitrogen and oxygen atoms in total. The number of benzene rings is 2. The average Bonchev–Trinajstić information content (AvgIpc) is 2.80. The van der Waals surface area contributed by atoms with Gasteiger partial charge in [-0.05, 0) is 60.0 Å². The molecule has 31 heavy (non-hydrogen) atoms. The second-order valence-electron chi connectivity index (χ2n) is 6.54. The Morgan fingerprint density at radius 3 is 2.58 bits per heavy atom. The number of hydrogen-bond acceptors (Lipinski definition) is 5. The number of pyridine rings is 1. The van der Waals surface area contributed by atoms with Crippen LogP contribution in [0.1, 0.15) is 11.1 Å². The fourth-order valence-corrected chi connectivity index (χ4v) is 2.83. The first-order valence-corrected chi connectivity index (χ1v) is 9.63. The minimum atomic E-state index is -0.528. The number of carbonyl (C=O) groups is 1. The van der Waals surface area contributed by atoms with Gasteiger partial charge in [-0.2, -0.15) is 0 Å². The number of ether oxygens (including phenoxy) is 3. The summed E-state index contributed by atoms with van der Waals surface area (Å²) in [6.45, 7) is 0.449. The molecule has 0 aliphatic rings. The van der Waals surface area contributed by atoms with Gasteiger partial charge in [-0.25, -0.2) is 4.39 Å². The molecule has 0 saturated carbocycles. The van der Waals surface area contributed by atoms with Crippen molar-refractivity contribution in [1.82, 2.24) is 10.3 Å². The number of amides is 1. The highest BCUT2D eigenvalue weighted by atomic mass is 19.1. The molecule has 3 aromatic rings. The van der Waals surface area contributed by atoms with Crippen LogP contribution in [0, 0.1) is 5.82 Å². The van der Waals surface area contributed by atoms with Crippen LogP contribution in [0.5, 0.6) is 23.0 Å². The Balaban J connectivity index is 1.51. The Morgan fingerprint density at radius 2 is 1.87 bits per heavy atom. The van der Waals surface area contributed by atoms with Crippen LogP contribution in [-0.4, -0.2) is 31.7 Å². The summed E-state index contributed by atoms with van der Waals surface area (Å²) in [5, 5.41) is 2.80. The molecule has 0 spiro atoms. The van der Waals surface area contributed by atoms with Gasteiger partial charge in [0.1, 0.15) is 5.75 Å². The number of halogens is 1. The summed E-state index contributed by atoms with van der Waals surface area (Å²) in [5.74, 6) is 1.03. The van der Waals surface area contributed by atoms with Crippen LogP contribution in [0.3, 0.4) is 0 Å². The Labute approximate surface area is 180 Å². The van der Waals surface area contributed by atoms with E-state index in [0.29, 0.717) is 35.8 Å². The summed E-state index contributed by atoms with van der Waals surface area (Å²) in [7, 11) is 3.16. The minimum absolute atomic E-state index is 0.0875. The van der Waals surface area contributed by atoms with Gasteiger partial charge in [-0.3, -0.25) is 9.78 Å². The van der Waals surface area contributed by atoms with Crippen molar-refractivity contribution in [3.8, 4) is 23.0 Å². The first-order valence-electron chi connectivity index (χ1n) is 9.63. The Kier molecular flexibility index (Phi) is 7.59. The normalized spacial score (nSPS) is 10.7. The van der Waals surface area contributed by atoms with Crippen molar-refractivity contribution in [2.45, 2.75) is 6.42 Å². The summed E-state index contributed by atoms with van der Waals surface area (Å²) in [4.78, 5) is 16.0. The molecular weight excluding hydrogens is 399 g/mol. The smallest absolute Gasteiger partial charge is 0.244 e. The van der Waals surface area contributed by atoms with E-state index in [9.17, 15) is 9.18 Å². The Hall–Kier alpha value is -3.87. The first kappa shape index (κ1) is 21.8. The van der Waals surface area contributed by atoms with Crippen molar-refractivity contribution in [3.05, 3.63) is 83.9 Å². The van der Waals surface area contributed by atoms with Gasteiger partial charge in [0.25, 0.3) is 0 Å². The van der Waals surface area contributed by atoms with Crippen LogP contribution in [-0.2, 0) is 11.2 Å². The monoisotopic (exact) mass is 422 g/mol. The molecule has 1 heterocycles. The molecule has 7 heteroatoms. The average molecular weight is 422 g/mol. The highest BCUT2D eigenvalue weighted by molar-refractivity contribution is 5.91. The lowest BCUT2D eigenvalue weighted by atomic mass is 10.1. The molecule has 0 aliphatic carbocycles. The van der Waals surface area contributed by atoms with E-state index in [1.54, 1.807) is 44.7 Å². The number of nitrogens with zero attached hydrogens (tertiary/aromatic N) is 1. The summed E-state index contributed by atoms with van der Waals surface area (Å²) in [5.41, 5.74) is 1.55. The zero-order valence-electron chi connectivity index (χ0n) is 17.3. The summed E-state index contributed by atoms with van der Waals surface area (Å²) in [6.07, 6.45) is 6.65. The molecule has 1 amide bonds. The van der Waals surface area contributed by atoms with E-state index >= 15 is 0 Å². The summed E-state index contributed by atoms with van der Waals surface area (Å²) < 4.78 is 30.2. The predicted octanol–water partition coefficient (Wildman–Crippen LogP) is 4.40. The lowest BCUT2D eigenvalue weighted by Gasteiger charge is -2.09. The van der Waals surface area contributed by atoms with E-state index in [1.165, 1.54) is 24.4 Å². The third-order valence-electron chi connectivity index (χ3n) is 4.41. The molecule has 1 N–H and O–H groups in total. The van der Waals surface area contributed by atoms with E-state index in [-0.39, 0.29) is 11.7 Å². The van der Waals surface area contributed by atoms with Crippen molar-refractivity contribution in [1.29, 1.82) is 0 Å². The minimum Gasteiger partial charge on any atom is -0.493 e. The van der Waals surface area contributed by atoms with Crippen LogP contribution < -0.4 is 19.5 Å². The van der Waals surface area contributed by atoms with Gasteiger partial charge in [0.05, 0.1) is 20.4 Å². The summed E-state index contributed by atoms with van der Waals surface area (Å²) in [6, 6.07) is 13.5. The second kappa shape index (κ2) is 10.8. The van der Waals surface area contributed by atoms with Crippen LogP contribution in [0.25, 0.3) is 6.08 Å². The van der Waals surface area contributed by atoms with Crippen molar-refractivity contribution in [2.75, 3.05) is 20.8 Å². The van der Waals surface area contributed by atoms with E-state index in [0.717, 1.165) is 5.56 Å². The SMILES string of the molecule is COc1ccc(CCNC(=O)/C=C/c2ccc(Oc3cccnc3)c(F)c2)cc1OC. The first-order chi connectivity index (χ1) is 15.1. The highest BCUT2D eigenvalue weighted by Crippen LogP contribution is 2.27. The molecule has 0 radical (unpaired) electrons. The highest BCUT2D eigenvalue weighted by Gasteiger charge is 2.07. The van der Waals surface area contributed by atoms with Crippen LogP contribution in [0.15, 0.2) is 67.0 Å². The maximum Gasteiger partial charge on any atom is 0.244 e. The zero-order chi connectivity index (χ0) is 22.1. The van der Waals surface area contributed by atoms with Gasteiger partial charge in [0.2, 0.25) is 5.91 Å². The molecule has 0 aliphatic heterocycles. The zero-order valence-corrected chi connectivity index (χ0v) is 17.3. The van der Waals surface area contributed by atoms with Crippen molar-refractivity contribution in [3.63, 3.8) is 0 Å². The van der Waals surface area contributed by atoms with Gasteiger partial charge in [-0.15, -0.1) is 0 Å². The Morgan fingerprint density at radius 1 is 1.06 bits per heavy atom. The van der Waals surface area contributed by atoms with Gasteiger partial charge < -0.3 is 19.5 Å². The predicted molar refractivity (Wildman–Crippen MR) is 116 cm³/mol. The van der Waals surface area contributed by atoms with Crippen molar-refractivity contribution < 1.29 is 23.4 Å². The number of rotatable bonds is 9. The molecule has 3 rings (SSSR count). The third kappa shape index (κ3) is 6.30. The maximum absolute atomic E-state index is 14.3. The fourth-order valence-electron chi connectivity index (χ4n) is 2.83. The van der Waals surface area contributed by atoms with Crippen LogP contribution in [0.2, 0.25) is 0 Å². The second-order valence-corrected chi connectivity index (χ2v) is 6.54. The topological polar surface area (TPSA) is 69.7 Å². The summed E-state index contributed by atoms with van der Waals surface area (Å²) >= 11 is 0. The molecule has 2 aromatic carbocycles. The number of hydrogen-bond donors (Lipinski definition) is 1. The van der Waals surface area contributed by atoms with Crippen molar-refractivity contribution >= 4 is 12.0 Å². The van der Waals surface area contributed by atoms with Crippen molar-refractivity contribution in [2.24, 2.45) is 0 Å². The molecule has 0 atom stereocenters. The molecule has 160 valence electrons. The van der Waals surface area contributed by atoms with E-state index in [1.807, 2.05) is 18.2 Å². The lowest BCUT2D eigenvalue weighted by molar-refractivity contribution is -0.116. The standard InChI is InChI=1S/C24H23FN2O4/c1-29-22-9-6-18(15-23(22)30-2)11-13-27-24(28)10-7-17-5-8-21(20(25)14-17)31-19-4-3-12-26-16-19/h3-10,12,14-16H,11,13H2,1-2H3,(H,27,28)/b10-7+. The number of carbonyl (C=O) groups excluding carboxylic acids is 1. The number of nitrogens with one attached hydrogen (secondary N) is 1. The molecule has 0 saturated heterocycles. The van der Waals surface area contributed by atoms with Crippen LogP contribution >= 0.6 is 0 Å². The molecule has 1 aromatic heterocycles. The van der Waals surface area contributed by atoms with Gasteiger partial charge >= 0.3 is 0 Å². The quantitative estimate of drug-likeness (QED) is 0.518. The third-order valence-corrected chi connectivity index (χ3v) is 4.41. The van der Waals surface area contributed by atoms with E-state index in [4.69, 9.17) is 14.2 Å². The largest absolute Gasteiger partial charge is 0.493 e. The fraction of sp³-hybridized carbons (Fsp3) is 0.167. The van der Waals surface area contributed by atoms with E-state index < -0.39 is 5.82 Å². The molecule has 0 unspecified atom stereocenters. The van der Waals surface area contributed by atoms with Gasteiger partial charge in [0.15, 0.2) is 23.1 Å².